The predicted octanol–water partition coefficient (Wildman–Crippen LogP) is 1.85. The molecule has 5 nitrogen and oxygen atoms in total. The van der Waals surface area contributed by atoms with E-state index in [0.29, 0.717) is 6.04 Å². The zero-order valence-corrected chi connectivity index (χ0v) is 12.9. The fourth-order valence-corrected chi connectivity index (χ4v) is 2.92. The Hall–Kier alpha value is -0.590. The summed E-state index contributed by atoms with van der Waals surface area (Å²) in [5.41, 5.74) is 0. The van der Waals surface area contributed by atoms with Gasteiger partial charge in [0.15, 0.2) is 5.82 Å². The second kappa shape index (κ2) is 7.26. The van der Waals surface area contributed by atoms with E-state index in [1.165, 1.54) is 19.3 Å². The highest BCUT2D eigenvalue weighted by Gasteiger charge is 2.19. The van der Waals surface area contributed by atoms with E-state index >= 15 is 0 Å². The second-order valence-electron chi connectivity index (χ2n) is 5.36. The number of hydrogen-bond donors (Lipinski definition) is 0. The maximum absolute atomic E-state index is 5.31. The number of hydrogen-bond acceptors (Lipinski definition) is 6. The summed E-state index contributed by atoms with van der Waals surface area (Å²) >= 11 is 1.72. The van der Waals surface area contributed by atoms with Crippen LogP contribution < -0.4 is 0 Å². The molecule has 1 aromatic heterocycles. The van der Waals surface area contributed by atoms with Crippen LogP contribution in [0.4, 0.5) is 0 Å². The lowest BCUT2D eigenvalue weighted by Gasteiger charge is -2.22. The summed E-state index contributed by atoms with van der Waals surface area (Å²) in [4.78, 5) is 9.20. The first-order valence-corrected chi connectivity index (χ1v) is 8.27. The van der Waals surface area contributed by atoms with Gasteiger partial charge in [0.05, 0.1) is 12.3 Å². The summed E-state index contributed by atoms with van der Waals surface area (Å²) in [5.74, 6) is 2.39. The van der Waals surface area contributed by atoms with Crippen LogP contribution in [0.2, 0.25) is 0 Å². The quantitative estimate of drug-likeness (QED) is 0.822. The van der Waals surface area contributed by atoms with Crippen LogP contribution >= 0.6 is 11.8 Å². The summed E-state index contributed by atoms with van der Waals surface area (Å²) in [6.07, 6.45) is 5.80. The van der Waals surface area contributed by atoms with Crippen LogP contribution in [0.3, 0.4) is 0 Å². The van der Waals surface area contributed by atoms with Crippen molar-refractivity contribution < 1.29 is 4.52 Å². The number of likely N-dealkylation sites (tertiary alicyclic amines) is 1. The molecule has 0 aliphatic carbocycles. The van der Waals surface area contributed by atoms with Crippen molar-refractivity contribution in [1.82, 2.24) is 19.9 Å². The van der Waals surface area contributed by atoms with E-state index in [0.717, 1.165) is 37.1 Å². The molecule has 1 atom stereocenters. The first kappa shape index (κ1) is 14.8. The third-order valence-corrected chi connectivity index (χ3v) is 4.21. The van der Waals surface area contributed by atoms with Crippen LogP contribution in [0, 0.1) is 0 Å². The van der Waals surface area contributed by atoms with Crippen LogP contribution in [0.5, 0.6) is 0 Å². The molecule has 1 unspecified atom stereocenters. The average molecular weight is 284 g/mol. The first-order valence-electron chi connectivity index (χ1n) is 6.88. The Morgan fingerprint density at radius 2 is 2.21 bits per heavy atom. The largest absolute Gasteiger partial charge is 0.338 e. The summed E-state index contributed by atoms with van der Waals surface area (Å²) in [7, 11) is 4.35. The zero-order valence-electron chi connectivity index (χ0n) is 12.1. The highest BCUT2D eigenvalue weighted by atomic mass is 32.2. The Labute approximate surface area is 119 Å². The summed E-state index contributed by atoms with van der Waals surface area (Å²) in [5, 5.41) is 4.00. The molecular formula is C13H24N4OS. The molecule has 1 fully saturated rings. The van der Waals surface area contributed by atoms with E-state index in [-0.39, 0.29) is 0 Å². The van der Waals surface area contributed by atoms with Gasteiger partial charge in [0.2, 0.25) is 5.89 Å². The Morgan fingerprint density at radius 3 is 2.95 bits per heavy atom. The Balaban J connectivity index is 1.85. The van der Waals surface area contributed by atoms with E-state index in [9.17, 15) is 0 Å². The fourth-order valence-electron chi connectivity index (χ4n) is 2.55. The molecular weight excluding hydrogens is 260 g/mol. The van der Waals surface area contributed by atoms with Gasteiger partial charge in [-0.1, -0.05) is 5.16 Å². The molecule has 0 bridgehead atoms. The van der Waals surface area contributed by atoms with Crippen molar-refractivity contribution in [3.63, 3.8) is 0 Å². The third-order valence-electron chi connectivity index (χ3n) is 3.66. The maximum Gasteiger partial charge on any atom is 0.240 e. The number of thioether (sulfide) groups is 1. The number of nitrogens with zero attached hydrogens (tertiary/aromatic N) is 4. The van der Waals surface area contributed by atoms with Crippen LogP contribution in [-0.4, -0.2) is 59.4 Å². The highest BCUT2D eigenvalue weighted by molar-refractivity contribution is 7.97. The smallest absolute Gasteiger partial charge is 0.240 e. The lowest BCUT2D eigenvalue weighted by Crippen LogP contribution is -2.30. The van der Waals surface area contributed by atoms with Crippen molar-refractivity contribution >= 4 is 11.8 Å². The van der Waals surface area contributed by atoms with Crippen molar-refractivity contribution in [2.24, 2.45) is 0 Å². The molecule has 0 aromatic carbocycles. The van der Waals surface area contributed by atoms with Gasteiger partial charge in [-0.2, -0.15) is 16.7 Å². The van der Waals surface area contributed by atoms with Crippen molar-refractivity contribution in [2.75, 3.05) is 33.4 Å². The Bertz CT molecular complexity index is 382. The van der Waals surface area contributed by atoms with Crippen molar-refractivity contribution in [1.29, 1.82) is 0 Å². The normalized spacial score (nSPS) is 21.8. The summed E-state index contributed by atoms with van der Waals surface area (Å²) in [6.45, 7) is 3.04. The minimum Gasteiger partial charge on any atom is -0.338 e. The third kappa shape index (κ3) is 4.47. The molecule has 1 aliphatic rings. The lowest BCUT2D eigenvalue weighted by atomic mass is 10.1. The molecule has 0 saturated carbocycles. The first-order chi connectivity index (χ1) is 9.19. The van der Waals surface area contributed by atoms with E-state index < -0.39 is 0 Å². The zero-order chi connectivity index (χ0) is 13.7. The van der Waals surface area contributed by atoms with Gasteiger partial charge in [0, 0.05) is 12.6 Å². The van der Waals surface area contributed by atoms with Gasteiger partial charge >= 0.3 is 0 Å². The molecule has 19 heavy (non-hydrogen) atoms. The van der Waals surface area contributed by atoms with E-state index in [1.54, 1.807) is 11.8 Å². The molecule has 0 spiro atoms. The predicted molar refractivity (Wildman–Crippen MR) is 78.1 cm³/mol. The summed E-state index contributed by atoms with van der Waals surface area (Å²) in [6, 6.07) is 0.708. The van der Waals surface area contributed by atoms with Gasteiger partial charge in [-0.05, 0) is 46.2 Å². The van der Waals surface area contributed by atoms with Gasteiger partial charge in [-0.25, -0.2) is 0 Å². The Kier molecular flexibility index (Phi) is 5.66. The van der Waals surface area contributed by atoms with Crippen LogP contribution in [0.15, 0.2) is 4.52 Å². The van der Waals surface area contributed by atoms with Gasteiger partial charge < -0.3 is 9.42 Å². The van der Waals surface area contributed by atoms with Crippen LogP contribution in [0.25, 0.3) is 0 Å². The standard InChI is InChI=1S/C13H24N4OS/c1-16(2)11-5-4-7-17(8-6-11)9-13-14-12(10-19-3)15-18-13/h11H,4-10H2,1-3H3. The molecule has 2 rings (SSSR count). The van der Waals surface area contributed by atoms with Gasteiger partial charge in [0.25, 0.3) is 0 Å². The molecule has 1 aromatic rings. The molecule has 1 aliphatic heterocycles. The summed E-state index contributed by atoms with van der Waals surface area (Å²) < 4.78 is 5.31. The molecule has 6 heteroatoms. The molecule has 2 heterocycles. The highest BCUT2D eigenvalue weighted by Crippen LogP contribution is 2.16. The van der Waals surface area contributed by atoms with Crippen LogP contribution in [0.1, 0.15) is 31.0 Å². The SMILES string of the molecule is CSCc1noc(CN2CCCC(N(C)C)CC2)n1. The molecule has 108 valence electrons. The Morgan fingerprint density at radius 1 is 1.37 bits per heavy atom. The average Bonchev–Trinajstić information content (AvgIpc) is 2.67. The monoisotopic (exact) mass is 284 g/mol. The molecule has 0 amide bonds. The van der Waals surface area contributed by atoms with E-state index in [2.05, 4.69) is 34.0 Å². The maximum atomic E-state index is 5.31. The second-order valence-corrected chi connectivity index (χ2v) is 6.23. The van der Waals surface area contributed by atoms with Gasteiger partial charge in [-0.15, -0.1) is 0 Å². The van der Waals surface area contributed by atoms with E-state index in [4.69, 9.17) is 4.52 Å². The minimum atomic E-state index is 0.708. The molecule has 1 saturated heterocycles. The molecule has 0 N–H and O–H groups in total. The van der Waals surface area contributed by atoms with Gasteiger partial charge in [-0.3, -0.25) is 4.90 Å². The van der Waals surface area contributed by atoms with Crippen molar-refractivity contribution in [2.45, 2.75) is 37.6 Å². The number of aromatic nitrogens is 2. The minimum absolute atomic E-state index is 0.708. The van der Waals surface area contributed by atoms with Crippen molar-refractivity contribution in [3.05, 3.63) is 11.7 Å². The number of rotatable bonds is 5. The van der Waals surface area contributed by atoms with Crippen molar-refractivity contribution in [3.8, 4) is 0 Å². The molecule has 0 radical (unpaired) electrons. The van der Waals surface area contributed by atoms with Gasteiger partial charge in [0.1, 0.15) is 0 Å². The van der Waals surface area contributed by atoms with Crippen LogP contribution in [-0.2, 0) is 12.3 Å². The topological polar surface area (TPSA) is 45.4 Å². The fraction of sp³-hybridized carbons (Fsp3) is 0.846. The lowest BCUT2D eigenvalue weighted by molar-refractivity contribution is 0.221. The van der Waals surface area contributed by atoms with E-state index in [1.807, 2.05) is 6.26 Å².